The number of nitrogens with zero attached hydrogens (tertiary/aromatic N) is 1. The molecule has 2 aromatic rings. The molecular formula is C11H7BrF3NO. The maximum absolute atomic E-state index is 12.5. The predicted molar refractivity (Wildman–Crippen MR) is 59.6 cm³/mol. The summed E-state index contributed by atoms with van der Waals surface area (Å²) in [6.07, 6.45) is -2.88. The second-order valence-corrected chi connectivity index (χ2v) is 3.90. The van der Waals surface area contributed by atoms with Crippen LogP contribution in [0.5, 0.6) is 0 Å². The Morgan fingerprint density at radius 3 is 2.65 bits per heavy atom. The van der Waals surface area contributed by atoms with E-state index in [9.17, 15) is 13.2 Å². The van der Waals surface area contributed by atoms with Gasteiger partial charge in [-0.2, -0.15) is 13.2 Å². The van der Waals surface area contributed by atoms with Crippen LogP contribution in [0.25, 0.3) is 11.5 Å². The van der Waals surface area contributed by atoms with Gasteiger partial charge in [0.05, 0.1) is 17.1 Å². The fourth-order valence-electron chi connectivity index (χ4n) is 1.33. The minimum Gasteiger partial charge on any atom is -0.440 e. The molecule has 90 valence electrons. The number of oxazole rings is 1. The summed E-state index contributed by atoms with van der Waals surface area (Å²) in [5.41, 5.74) is -0.402. The maximum atomic E-state index is 12.5. The van der Waals surface area contributed by atoms with Gasteiger partial charge in [-0.15, -0.1) is 0 Å². The molecular weight excluding hydrogens is 299 g/mol. The lowest BCUT2D eigenvalue weighted by atomic mass is 10.1. The Kier molecular flexibility index (Phi) is 3.24. The van der Waals surface area contributed by atoms with Crippen molar-refractivity contribution < 1.29 is 17.6 Å². The van der Waals surface area contributed by atoms with Gasteiger partial charge >= 0.3 is 6.18 Å². The third-order valence-corrected chi connectivity index (χ3v) is 2.67. The van der Waals surface area contributed by atoms with Crippen LogP contribution in [0.3, 0.4) is 0 Å². The van der Waals surface area contributed by atoms with Crippen molar-refractivity contribution in [2.75, 3.05) is 0 Å². The highest BCUT2D eigenvalue weighted by molar-refractivity contribution is 9.08. The molecule has 0 atom stereocenters. The zero-order valence-corrected chi connectivity index (χ0v) is 10.0. The summed E-state index contributed by atoms with van der Waals surface area (Å²) in [5.74, 6) is 0.753. The van der Waals surface area contributed by atoms with Crippen LogP contribution in [0.15, 0.2) is 34.9 Å². The molecule has 0 saturated heterocycles. The van der Waals surface area contributed by atoms with Crippen molar-refractivity contribution in [1.82, 2.24) is 4.98 Å². The van der Waals surface area contributed by atoms with Gasteiger partial charge in [-0.05, 0) is 18.2 Å². The first-order valence-electron chi connectivity index (χ1n) is 4.69. The van der Waals surface area contributed by atoms with Gasteiger partial charge in [-0.3, -0.25) is 0 Å². The minimum absolute atomic E-state index is 0.186. The number of hydrogen-bond donors (Lipinski definition) is 0. The molecule has 2 rings (SSSR count). The molecule has 0 amide bonds. The van der Waals surface area contributed by atoms with E-state index in [1.807, 2.05) is 0 Å². The first kappa shape index (κ1) is 12.2. The Bertz CT molecular complexity index is 521. The first-order valence-corrected chi connectivity index (χ1v) is 5.81. The highest BCUT2D eigenvalue weighted by atomic mass is 79.9. The minimum atomic E-state index is -4.36. The molecule has 2 nitrogen and oxygen atoms in total. The molecule has 0 bridgehead atoms. The summed E-state index contributed by atoms with van der Waals surface area (Å²) in [6, 6.07) is 4.89. The van der Waals surface area contributed by atoms with Crippen LogP contribution in [0, 0.1) is 0 Å². The van der Waals surface area contributed by atoms with E-state index in [1.54, 1.807) is 0 Å². The average Bonchev–Trinajstić information content (AvgIpc) is 2.76. The van der Waals surface area contributed by atoms with Crippen LogP contribution in [0.2, 0.25) is 0 Å². The van der Waals surface area contributed by atoms with Crippen LogP contribution in [-0.4, -0.2) is 4.98 Å². The molecule has 0 unspecified atom stereocenters. The maximum Gasteiger partial charge on any atom is 0.416 e. The van der Waals surface area contributed by atoms with Gasteiger partial charge in [-0.1, -0.05) is 22.0 Å². The largest absolute Gasteiger partial charge is 0.440 e. The van der Waals surface area contributed by atoms with E-state index >= 15 is 0 Å². The molecule has 17 heavy (non-hydrogen) atoms. The summed E-state index contributed by atoms with van der Waals surface area (Å²) in [7, 11) is 0. The molecule has 1 aromatic carbocycles. The molecule has 1 aromatic heterocycles. The molecule has 0 radical (unpaired) electrons. The lowest BCUT2D eigenvalue weighted by Crippen LogP contribution is -2.04. The van der Waals surface area contributed by atoms with E-state index in [0.717, 1.165) is 12.1 Å². The molecule has 6 heteroatoms. The van der Waals surface area contributed by atoms with Crippen LogP contribution < -0.4 is 0 Å². The fourth-order valence-corrected chi connectivity index (χ4v) is 1.59. The van der Waals surface area contributed by atoms with Crippen molar-refractivity contribution in [2.45, 2.75) is 11.5 Å². The van der Waals surface area contributed by atoms with E-state index in [4.69, 9.17) is 4.42 Å². The third kappa shape index (κ3) is 2.69. The second-order valence-electron chi connectivity index (χ2n) is 3.34. The van der Waals surface area contributed by atoms with E-state index in [-0.39, 0.29) is 5.89 Å². The Balaban J connectivity index is 2.39. The van der Waals surface area contributed by atoms with Gasteiger partial charge in [0.1, 0.15) is 5.76 Å². The van der Waals surface area contributed by atoms with Gasteiger partial charge in [0.2, 0.25) is 5.89 Å². The van der Waals surface area contributed by atoms with E-state index in [1.165, 1.54) is 18.3 Å². The topological polar surface area (TPSA) is 26.0 Å². The monoisotopic (exact) mass is 305 g/mol. The molecule has 0 aliphatic rings. The normalized spacial score (nSPS) is 11.8. The molecule has 0 spiro atoms. The van der Waals surface area contributed by atoms with Gasteiger partial charge < -0.3 is 4.42 Å². The van der Waals surface area contributed by atoms with E-state index < -0.39 is 11.7 Å². The SMILES string of the molecule is FC(F)(F)c1cccc(-c2ncc(CBr)o2)c1. The molecule has 0 saturated carbocycles. The number of benzene rings is 1. The number of hydrogen-bond acceptors (Lipinski definition) is 2. The Labute approximate surface area is 104 Å². The summed E-state index contributed by atoms with van der Waals surface area (Å²) in [5, 5.41) is 0.471. The predicted octanol–water partition coefficient (Wildman–Crippen LogP) is 4.26. The van der Waals surface area contributed by atoms with Crippen molar-refractivity contribution in [2.24, 2.45) is 0 Å². The molecule has 0 aliphatic heterocycles. The van der Waals surface area contributed by atoms with E-state index in [0.29, 0.717) is 16.7 Å². The zero-order valence-electron chi connectivity index (χ0n) is 8.46. The van der Waals surface area contributed by atoms with E-state index in [2.05, 4.69) is 20.9 Å². The van der Waals surface area contributed by atoms with Crippen molar-refractivity contribution in [3.05, 3.63) is 41.8 Å². The smallest absolute Gasteiger partial charge is 0.416 e. The Morgan fingerprint density at radius 2 is 2.06 bits per heavy atom. The highest BCUT2D eigenvalue weighted by Crippen LogP contribution is 2.32. The van der Waals surface area contributed by atoms with Gasteiger partial charge in [0.25, 0.3) is 0 Å². The van der Waals surface area contributed by atoms with Crippen LogP contribution in [0.1, 0.15) is 11.3 Å². The third-order valence-electron chi connectivity index (χ3n) is 2.12. The quantitative estimate of drug-likeness (QED) is 0.775. The summed E-state index contributed by atoms with van der Waals surface area (Å²) in [4.78, 5) is 3.92. The van der Waals surface area contributed by atoms with Gasteiger partial charge in [0.15, 0.2) is 0 Å². The molecule has 0 N–H and O–H groups in total. The Morgan fingerprint density at radius 1 is 1.29 bits per heavy atom. The van der Waals surface area contributed by atoms with Crippen LogP contribution >= 0.6 is 15.9 Å². The van der Waals surface area contributed by atoms with Crippen molar-refractivity contribution in [1.29, 1.82) is 0 Å². The van der Waals surface area contributed by atoms with Crippen LogP contribution in [-0.2, 0) is 11.5 Å². The van der Waals surface area contributed by atoms with Gasteiger partial charge in [-0.25, -0.2) is 4.98 Å². The standard InChI is InChI=1S/C11H7BrF3NO/c12-5-9-6-16-10(17-9)7-2-1-3-8(4-7)11(13,14)15/h1-4,6H,5H2. The number of alkyl halides is 4. The number of aromatic nitrogens is 1. The molecule has 0 fully saturated rings. The average molecular weight is 306 g/mol. The van der Waals surface area contributed by atoms with Crippen LogP contribution in [0.4, 0.5) is 13.2 Å². The van der Waals surface area contributed by atoms with Crippen molar-refractivity contribution in [3.63, 3.8) is 0 Å². The van der Waals surface area contributed by atoms with Crippen molar-refractivity contribution in [3.8, 4) is 11.5 Å². The summed E-state index contributed by atoms with van der Waals surface area (Å²) in [6.45, 7) is 0. The zero-order chi connectivity index (χ0) is 12.5. The molecule has 1 heterocycles. The number of rotatable bonds is 2. The fraction of sp³-hybridized carbons (Fsp3) is 0.182. The lowest BCUT2D eigenvalue weighted by Gasteiger charge is -2.06. The van der Waals surface area contributed by atoms with Crippen molar-refractivity contribution >= 4 is 15.9 Å². The summed E-state index contributed by atoms with van der Waals surface area (Å²) >= 11 is 3.18. The first-order chi connectivity index (χ1) is 8.00. The molecule has 0 aliphatic carbocycles. The highest BCUT2D eigenvalue weighted by Gasteiger charge is 2.30. The number of halogens is 4. The van der Waals surface area contributed by atoms with Gasteiger partial charge in [0, 0.05) is 5.56 Å². The summed E-state index contributed by atoms with van der Waals surface area (Å²) < 4.78 is 42.8. The lowest BCUT2D eigenvalue weighted by molar-refractivity contribution is -0.137. The second kappa shape index (κ2) is 4.52. The Hall–Kier alpha value is -1.30.